The fourth-order valence-electron chi connectivity index (χ4n) is 2.32. The zero-order chi connectivity index (χ0) is 13.8. The highest BCUT2D eigenvalue weighted by Gasteiger charge is 2.40. The Labute approximate surface area is 109 Å². The molecule has 0 aliphatic carbocycles. The second-order valence-corrected chi connectivity index (χ2v) is 4.82. The number of hydrogen-bond donors (Lipinski definition) is 1. The summed E-state index contributed by atoms with van der Waals surface area (Å²) in [5, 5.41) is 3.02. The molecule has 3 unspecified atom stereocenters. The Morgan fingerprint density at radius 2 is 1.78 bits per heavy atom. The number of likely N-dealkylation sites (tertiary alicyclic amines) is 1. The number of carbonyl (C=O) groups excluding carboxylic acids is 1. The van der Waals surface area contributed by atoms with Crippen molar-refractivity contribution in [2.24, 2.45) is 0 Å². The van der Waals surface area contributed by atoms with Crippen molar-refractivity contribution in [3.63, 3.8) is 0 Å². The van der Waals surface area contributed by atoms with E-state index < -0.39 is 5.54 Å². The maximum atomic E-state index is 11.8. The molecule has 0 spiro atoms. The van der Waals surface area contributed by atoms with E-state index in [2.05, 4.69) is 10.2 Å². The van der Waals surface area contributed by atoms with Gasteiger partial charge in [0.05, 0.1) is 19.3 Å². The van der Waals surface area contributed by atoms with Gasteiger partial charge in [0.25, 0.3) is 0 Å². The van der Waals surface area contributed by atoms with E-state index in [0.717, 1.165) is 13.1 Å². The molecule has 1 fully saturated rings. The summed E-state index contributed by atoms with van der Waals surface area (Å²) in [7, 11) is 6.52. The molecule has 1 rings (SSSR count). The Morgan fingerprint density at radius 3 is 2.11 bits per heavy atom. The lowest BCUT2D eigenvalue weighted by molar-refractivity contribution is -0.148. The lowest BCUT2D eigenvalue weighted by Crippen LogP contribution is -2.55. The summed E-state index contributed by atoms with van der Waals surface area (Å²) < 4.78 is 15.6. The summed E-state index contributed by atoms with van der Waals surface area (Å²) >= 11 is 0. The predicted octanol–water partition coefficient (Wildman–Crippen LogP) is -0.517. The van der Waals surface area contributed by atoms with E-state index >= 15 is 0 Å². The van der Waals surface area contributed by atoms with Crippen LogP contribution in [-0.4, -0.2) is 76.6 Å². The van der Waals surface area contributed by atoms with Gasteiger partial charge in [-0.15, -0.1) is 0 Å². The van der Waals surface area contributed by atoms with Crippen LogP contribution in [0.1, 0.15) is 6.92 Å². The van der Waals surface area contributed by atoms with Crippen molar-refractivity contribution in [2.45, 2.75) is 24.7 Å². The van der Waals surface area contributed by atoms with Crippen LogP contribution in [-0.2, 0) is 19.0 Å². The average Bonchev–Trinajstić information content (AvgIpc) is 2.79. The molecule has 0 amide bonds. The van der Waals surface area contributed by atoms with E-state index in [1.54, 1.807) is 21.3 Å². The highest BCUT2D eigenvalue weighted by atomic mass is 16.5. The quantitative estimate of drug-likeness (QED) is 0.649. The lowest BCUT2D eigenvalue weighted by Gasteiger charge is -2.30. The maximum absolute atomic E-state index is 11.8. The molecular weight excluding hydrogens is 236 g/mol. The van der Waals surface area contributed by atoms with Gasteiger partial charge >= 0.3 is 5.97 Å². The summed E-state index contributed by atoms with van der Waals surface area (Å²) in [5.41, 5.74) is -0.713. The number of carbonyl (C=O) groups is 1. The van der Waals surface area contributed by atoms with Gasteiger partial charge in [0, 0.05) is 33.9 Å². The largest absolute Gasteiger partial charge is 0.468 e. The molecule has 0 radical (unpaired) electrons. The summed E-state index contributed by atoms with van der Waals surface area (Å²) in [5.74, 6) is -0.264. The van der Waals surface area contributed by atoms with Crippen LogP contribution in [0.3, 0.4) is 0 Å². The number of hydrogen-bond acceptors (Lipinski definition) is 6. The van der Waals surface area contributed by atoms with E-state index in [1.165, 1.54) is 7.11 Å². The smallest absolute Gasteiger partial charge is 0.327 e. The second-order valence-electron chi connectivity index (χ2n) is 4.82. The molecule has 6 nitrogen and oxygen atoms in total. The van der Waals surface area contributed by atoms with E-state index in [4.69, 9.17) is 14.2 Å². The minimum absolute atomic E-state index is 0.0498. The van der Waals surface area contributed by atoms with Crippen molar-refractivity contribution >= 4 is 5.97 Å². The minimum Gasteiger partial charge on any atom is -0.468 e. The molecule has 0 saturated carbocycles. The van der Waals surface area contributed by atoms with Gasteiger partial charge in [0.2, 0.25) is 0 Å². The van der Waals surface area contributed by atoms with Crippen molar-refractivity contribution in [1.82, 2.24) is 10.2 Å². The topological polar surface area (TPSA) is 60.0 Å². The Hall–Kier alpha value is -0.690. The third kappa shape index (κ3) is 3.20. The van der Waals surface area contributed by atoms with Crippen molar-refractivity contribution < 1.29 is 19.0 Å². The Bertz CT molecular complexity index is 275. The summed E-state index contributed by atoms with van der Waals surface area (Å²) in [6, 6.07) is 0. The van der Waals surface area contributed by atoms with E-state index in [0.29, 0.717) is 6.54 Å². The fraction of sp³-hybridized carbons (Fsp3) is 0.917. The van der Waals surface area contributed by atoms with Crippen molar-refractivity contribution in [3.05, 3.63) is 0 Å². The number of rotatable bonds is 6. The number of nitrogens with one attached hydrogen (secondary N) is 1. The normalized spacial score (nSPS) is 28.1. The fourth-order valence-corrected chi connectivity index (χ4v) is 2.32. The van der Waals surface area contributed by atoms with Gasteiger partial charge in [-0.2, -0.15) is 0 Å². The molecule has 0 aromatic heterocycles. The zero-order valence-corrected chi connectivity index (χ0v) is 11.9. The maximum Gasteiger partial charge on any atom is 0.327 e. The molecule has 18 heavy (non-hydrogen) atoms. The molecular formula is C12H24N2O4. The monoisotopic (exact) mass is 260 g/mol. The number of likely N-dealkylation sites (N-methyl/N-ethyl adjacent to an activating group) is 1. The van der Waals surface area contributed by atoms with E-state index in [-0.39, 0.29) is 18.2 Å². The van der Waals surface area contributed by atoms with Crippen LogP contribution in [0, 0.1) is 0 Å². The first-order valence-corrected chi connectivity index (χ1v) is 6.06. The molecule has 0 bridgehead atoms. The number of esters is 1. The predicted molar refractivity (Wildman–Crippen MR) is 67.5 cm³/mol. The molecule has 0 aromatic rings. The third-order valence-corrected chi connectivity index (χ3v) is 3.62. The first-order valence-electron chi connectivity index (χ1n) is 6.06. The third-order valence-electron chi connectivity index (χ3n) is 3.62. The standard InChI is InChI=1S/C12H24N2O4/c1-12(13-2,11(15)18-5)8-14-6-9(16-3)10(7-14)17-4/h9-10,13H,6-8H2,1-5H3. The number of nitrogens with zero attached hydrogens (tertiary/aromatic N) is 1. The Morgan fingerprint density at radius 1 is 1.28 bits per heavy atom. The summed E-state index contributed by atoms with van der Waals surface area (Å²) in [6.45, 7) is 3.91. The zero-order valence-electron chi connectivity index (χ0n) is 11.9. The molecule has 1 heterocycles. The average molecular weight is 260 g/mol. The van der Waals surface area contributed by atoms with Crippen LogP contribution >= 0.6 is 0 Å². The van der Waals surface area contributed by atoms with Gasteiger partial charge < -0.3 is 19.5 Å². The van der Waals surface area contributed by atoms with Crippen molar-refractivity contribution in [2.75, 3.05) is 48.0 Å². The highest BCUT2D eigenvalue weighted by molar-refractivity contribution is 5.80. The molecule has 106 valence electrons. The van der Waals surface area contributed by atoms with Crippen LogP contribution in [0.2, 0.25) is 0 Å². The summed E-state index contributed by atoms with van der Waals surface area (Å²) in [6.07, 6.45) is 0.0995. The van der Waals surface area contributed by atoms with E-state index in [9.17, 15) is 4.79 Å². The molecule has 1 N–H and O–H groups in total. The van der Waals surface area contributed by atoms with Crippen LogP contribution in [0.15, 0.2) is 0 Å². The van der Waals surface area contributed by atoms with Gasteiger partial charge in [-0.05, 0) is 14.0 Å². The van der Waals surface area contributed by atoms with Crippen LogP contribution in [0.4, 0.5) is 0 Å². The molecule has 1 aliphatic heterocycles. The molecule has 6 heteroatoms. The van der Waals surface area contributed by atoms with E-state index in [1.807, 2.05) is 6.92 Å². The van der Waals surface area contributed by atoms with Crippen LogP contribution in [0.5, 0.6) is 0 Å². The van der Waals surface area contributed by atoms with Crippen molar-refractivity contribution in [1.29, 1.82) is 0 Å². The molecule has 0 aromatic carbocycles. The second kappa shape index (κ2) is 6.47. The first kappa shape index (κ1) is 15.4. The summed E-state index contributed by atoms with van der Waals surface area (Å²) in [4.78, 5) is 13.9. The Kier molecular flexibility index (Phi) is 5.52. The molecule has 3 atom stereocenters. The molecule has 1 saturated heterocycles. The van der Waals surface area contributed by atoms with Gasteiger partial charge in [-0.3, -0.25) is 9.69 Å². The SMILES string of the molecule is CNC(C)(CN1CC(OC)C(OC)C1)C(=O)OC. The lowest BCUT2D eigenvalue weighted by atomic mass is 10.0. The minimum atomic E-state index is -0.713. The van der Waals surface area contributed by atoms with Crippen LogP contribution in [0.25, 0.3) is 0 Å². The van der Waals surface area contributed by atoms with Gasteiger partial charge in [-0.1, -0.05) is 0 Å². The molecule has 1 aliphatic rings. The highest BCUT2D eigenvalue weighted by Crippen LogP contribution is 2.19. The number of methoxy groups -OCH3 is 3. The van der Waals surface area contributed by atoms with Crippen molar-refractivity contribution in [3.8, 4) is 0 Å². The van der Waals surface area contributed by atoms with Gasteiger partial charge in [0.15, 0.2) is 0 Å². The van der Waals surface area contributed by atoms with Gasteiger partial charge in [0.1, 0.15) is 5.54 Å². The van der Waals surface area contributed by atoms with Crippen LogP contribution < -0.4 is 5.32 Å². The van der Waals surface area contributed by atoms with Gasteiger partial charge in [-0.25, -0.2) is 0 Å². The number of ether oxygens (including phenoxy) is 3. The Balaban J connectivity index is 2.65. The first-order chi connectivity index (χ1) is 8.50.